The first kappa shape index (κ1) is 14.8. The van der Waals surface area contributed by atoms with E-state index < -0.39 is 0 Å². The predicted molar refractivity (Wildman–Crippen MR) is 76.6 cm³/mol. The van der Waals surface area contributed by atoms with Crippen LogP contribution in [0.3, 0.4) is 0 Å². The first-order chi connectivity index (χ1) is 9.63. The predicted octanol–water partition coefficient (Wildman–Crippen LogP) is 1.93. The van der Waals surface area contributed by atoms with Crippen LogP contribution in [-0.4, -0.2) is 35.6 Å². The average Bonchev–Trinajstić information content (AvgIpc) is 2.78. The van der Waals surface area contributed by atoms with Gasteiger partial charge in [-0.25, -0.2) is 4.39 Å². The standard InChI is InChI=1S/C14H17FN2O2S/c1-2-16-12(18)7-8-17-13(19)9-20-14(17)10-5-3-4-6-11(10)15/h3-6,14H,2,7-9H2,1H3,(H,16,18)/t14-/m1/s1. The van der Waals surface area contributed by atoms with Gasteiger partial charge in [0.15, 0.2) is 0 Å². The lowest BCUT2D eigenvalue weighted by Crippen LogP contribution is -2.33. The van der Waals surface area contributed by atoms with E-state index >= 15 is 0 Å². The quantitative estimate of drug-likeness (QED) is 0.903. The Bertz CT molecular complexity index is 510. The van der Waals surface area contributed by atoms with Crippen LogP contribution in [0.15, 0.2) is 24.3 Å². The molecule has 0 aromatic heterocycles. The van der Waals surface area contributed by atoms with Crippen LogP contribution in [0.4, 0.5) is 4.39 Å². The summed E-state index contributed by atoms with van der Waals surface area (Å²) in [6.07, 6.45) is 0.241. The molecule has 1 aromatic rings. The summed E-state index contributed by atoms with van der Waals surface area (Å²) < 4.78 is 13.8. The number of nitrogens with zero attached hydrogens (tertiary/aromatic N) is 1. The van der Waals surface area contributed by atoms with E-state index in [0.29, 0.717) is 24.4 Å². The van der Waals surface area contributed by atoms with E-state index in [1.165, 1.54) is 17.8 Å². The molecule has 0 radical (unpaired) electrons. The molecule has 1 heterocycles. The monoisotopic (exact) mass is 296 g/mol. The number of halogens is 1. The highest BCUT2D eigenvalue weighted by molar-refractivity contribution is 8.00. The smallest absolute Gasteiger partial charge is 0.233 e. The highest BCUT2D eigenvalue weighted by atomic mass is 32.2. The Balaban J connectivity index is 2.07. The molecule has 108 valence electrons. The van der Waals surface area contributed by atoms with Gasteiger partial charge in [-0.05, 0) is 13.0 Å². The zero-order chi connectivity index (χ0) is 14.5. The van der Waals surface area contributed by atoms with Crippen molar-refractivity contribution < 1.29 is 14.0 Å². The number of hydrogen-bond donors (Lipinski definition) is 1. The van der Waals surface area contributed by atoms with E-state index in [9.17, 15) is 14.0 Å². The number of amides is 2. The summed E-state index contributed by atoms with van der Waals surface area (Å²) in [5, 5.41) is 2.36. The summed E-state index contributed by atoms with van der Waals surface area (Å²) in [7, 11) is 0. The molecule has 0 spiro atoms. The lowest BCUT2D eigenvalue weighted by molar-refractivity contribution is -0.129. The molecular formula is C14H17FN2O2S. The molecule has 20 heavy (non-hydrogen) atoms. The van der Waals surface area contributed by atoms with Crippen molar-refractivity contribution in [3.8, 4) is 0 Å². The number of carbonyl (C=O) groups is 2. The summed E-state index contributed by atoms with van der Waals surface area (Å²) in [5.41, 5.74) is 0.499. The maximum absolute atomic E-state index is 13.8. The molecule has 1 aliphatic heterocycles. The van der Waals surface area contributed by atoms with Crippen LogP contribution in [-0.2, 0) is 9.59 Å². The Kier molecular flexibility index (Phi) is 5.00. The third kappa shape index (κ3) is 3.30. The second-order valence-electron chi connectivity index (χ2n) is 4.48. The topological polar surface area (TPSA) is 49.4 Å². The second-order valence-corrected chi connectivity index (χ2v) is 5.54. The Morgan fingerprint density at radius 2 is 2.25 bits per heavy atom. The molecule has 2 rings (SSSR count). The van der Waals surface area contributed by atoms with E-state index in [1.807, 2.05) is 6.92 Å². The first-order valence-corrected chi connectivity index (χ1v) is 7.60. The van der Waals surface area contributed by atoms with Gasteiger partial charge in [0.25, 0.3) is 0 Å². The van der Waals surface area contributed by atoms with Crippen LogP contribution in [0.5, 0.6) is 0 Å². The number of thioether (sulfide) groups is 1. The van der Waals surface area contributed by atoms with E-state index in [2.05, 4.69) is 5.32 Å². The van der Waals surface area contributed by atoms with Crippen LogP contribution < -0.4 is 5.32 Å². The average molecular weight is 296 g/mol. The molecule has 1 aromatic carbocycles. The highest BCUT2D eigenvalue weighted by Crippen LogP contribution is 2.39. The zero-order valence-electron chi connectivity index (χ0n) is 11.3. The number of nitrogens with one attached hydrogen (secondary N) is 1. The van der Waals surface area contributed by atoms with E-state index in [1.54, 1.807) is 23.1 Å². The van der Waals surface area contributed by atoms with Crippen molar-refractivity contribution >= 4 is 23.6 Å². The summed E-state index contributed by atoms with van der Waals surface area (Å²) in [6, 6.07) is 6.45. The summed E-state index contributed by atoms with van der Waals surface area (Å²) in [6.45, 7) is 2.73. The van der Waals surface area contributed by atoms with Crippen molar-refractivity contribution in [2.75, 3.05) is 18.8 Å². The molecule has 0 unspecified atom stereocenters. The SMILES string of the molecule is CCNC(=O)CCN1C(=O)CS[C@@H]1c1ccccc1F. The lowest BCUT2D eigenvalue weighted by Gasteiger charge is -2.24. The van der Waals surface area contributed by atoms with Gasteiger partial charge in [-0.1, -0.05) is 18.2 Å². The molecule has 2 amide bonds. The number of rotatable bonds is 5. The fourth-order valence-electron chi connectivity index (χ4n) is 2.14. The Hall–Kier alpha value is -1.56. The van der Waals surface area contributed by atoms with Crippen molar-refractivity contribution in [1.82, 2.24) is 10.2 Å². The van der Waals surface area contributed by atoms with Crippen LogP contribution in [0.1, 0.15) is 24.3 Å². The fraction of sp³-hybridized carbons (Fsp3) is 0.429. The van der Waals surface area contributed by atoms with Gasteiger partial charge in [0.2, 0.25) is 11.8 Å². The molecule has 1 N–H and O–H groups in total. The number of benzene rings is 1. The van der Waals surface area contributed by atoms with Crippen LogP contribution in [0.25, 0.3) is 0 Å². The largest absolute Gasteiger partial charge is 0.356 e. The molecule has 4 nitrogen and oxygen atoms in total. The van der Waals surface area contributed by atoms with Crippen molar-refractivity contribution in [3.05, 3.63) is 35.6 Å². The number of carbonyl (C=O) groups excluding carboxylic acids is 2. The van der Waals surface area contributed by atoms with Gasteiger partial charge in [0, 0.05) is 25.1 Å². The summed E-state index contributed by atoms with van der Waals surface area (Å²) in [4.78, 5) is 25.0. The molecular weight excluding hydrogens is 279 g/mol. The molecule has 1 saturated heterocycles. The van der Waals surface area contributed by atoms with Crippen molar-refractivity contribution in [2.24, 2.45) is 0 Å². The van der Waals surface area contributed by atoms with Crippen LogP contribution in [0.2, 0.25) is 0 Å². The van der Waals surface area contributed by atoms with Crippen molar-refractivity contribution in [2.45, 2.75) is 18.7 Å². The third-order valence-corrected chi connectivity index (χ3v) is 4.33. The van der Waals surface area contributed by atoms with Crippen molar-refractivity contribution in [1.29, 1.82) is 0 Å². The molecule has 1 fully saturated rings. The Morgan fingerprint density at radius 3 is 2.95 bits per heavy atom. The molecule has 0 saturated carbocycles. The number of hydrogen-bond acceptors (Lipinski definition) is 3. The van der Waals surface area contributed by atoms with Crippen LogP contribution >= 0.6 is 11.8 Å². The zero-order valence-corrected chi connectivity index (χ0v) is 12.1. The molecule has 0 aliphatic carbocycles. The molecule has 0 bridgehead atoms. The first-order valence-electron chi connectivity index (χ1n) is 6.55. The normalized spacial score (nSPS) is 18.4. The van der Waals surface area contributed by atoms with Gasteiger partial charge in [-0.3, -0.25) is 9.59 Å². The maximum Gasteiger partial charge on any atom is 0.233 e. The Labute approximate surface area is 121 Å². The second kappa shape index (κ2) is 6.74. The van der Waals surface area contributed by atoms with Gasteiger partial charge in [0.05, 0.1) is 5.75 Å². The fourth-order valence-corrected chi connectivity index (χ4v) is 3.38. The van der Waals surface area contributed by atoms with E-state index in [4.69, 9.17) is 0 Å². The van der Waals surface area contributed by atoms with Gasteiger partial charge in [-0.2, -0.15) is 0 Å². The molecule has 1 atom stereocenters. The van der Waals surface area contributed by atoms with E-state index in [0.717, 1.165) is 0 Å². The maximum atomic E-state index is 13.8. The van der Waals surface area contributed by atoms with Gasteiger partial charge in [0.1, 0.15) is 11.2 Å². The van der Waals surface area contributed by atoms with Gasteiger partial charge in [-0.15, -0.1) is 11.8 Å². The summed E-state index contributed by atoms with van der Waals surface area (Å²) >= 11 is 1.40. The van der Waals surface area contributed by atoms with E-state index in [-0.39, 0.29) is 29.4 Å². The van der Waals surface area contributed by atoms with Gasteiger partial charge < -0.3 is 10.2 Å². The minimum Gasteiger partial charge on any atom is -0.356 e. The lowest BCUT2D eigenvalue weighted by atomic mass is 10.2. The molecule has 1 aliphatic rings. The third-order valence-electron chi connectivity index (χ3n) is 3.09. The Morgan fingerprint density at radius 1 is 1.50 bits per heavy atom. The minimum absolute atomic E-state index is 0.0486. The highest BCUT2D eigenvalue weighted by Gasteiger charge is 2.34. The van der Waals surface area contributed by atoms with Gasteiger partial charge >= 0.3 is 0 Å². The van der Waals surface area contributed by atoms with Crippen LogP contribution in [0, 0.1) is 5.82 Å². The summed E-state index contributed by atoms with van der Waals surface area (Å²) in [5.74, 6) is -0.131. The molecule has 6 heteroatoms. The minimum atomic E-state index is -0.335. The van der Waals surface area contributed by atoms with Crippen molar-refractivity contribution in [3.63, 3.8) is 0 Å².